The Bertz CT molecular complexity index is 425. The minimum atomic E-state index is 0.530. The monoisotopic (exact) mass is 266 g/mol. The van der Waals surface area contributed by atoms with Crippen molar-refractivity contribution >= 4 is 17.4 Å². The van der Waals surface area contributed by atoms with Crippen molar-refractivity contribution in [1.82, 2.24) is 14.9 Å². The first-order valence-electron chi connectivity index (χ1n) is 6.67. The summed E-state index contributed by atoms with van der Waals surface area (Å²) in [6, 6.07) is 2.63. The SMILES string of the molecule is CN1CCCC2CN(c3cc(Cl)ncn3)CCC21. The molecule has 0 radical (unpaired) electrons. The molecule has 18 heavy (non-hydrogen) atoms. The molecule has 2 atom stereocenters. The van der Waals surface area contributed by atoms with Crippen molar-refractivity contribution in [3.63, 3.8) is 0 Å². The predicted octanol–water partition coefficient (Wildman–Crippen LogP) is 2.05. The quantitative estimate of drug-likeness (QED) is 0.729. The molecule has 2 fully saturated rings. The van der Waals surface area contributed by atoms with E-state index in [0.29, 0.717) is 5.15 Å². The van der Waals surface area contributed by atoms with Gasteiger partial charge in [-0.15, -0.1) is 0 Å². The van der Waals surface area contributed by atoms with Gasteiger partial charge in [-0.05, 0) is 38.8 Å². The van der Waals surface area contributed by atoms with Crippen LogP contribution in [0.3, 0.4) is 0 Å². The average Bonchev–Trinajstić information content (AvgIpc) is 2.39. The van der Waals surface area contributed by atoms with Crippen molar-refractivity contribution in [3.8, 4) is 0 Å². The number of nitrogens with zero attached hydrogens (tertiary/aromatic N) is 4. The second kappa shape index (κ2) is 5.02. The first-order valence-corrected chi connectivity index (χ1v) is 7.04. The molecule has 0 amide bonds. The van der Waals surface area contributed by atoms with E-state index in [1.165, 1.54) is 25.8 Å². The van der Waals surface area contributed by atoms with Crippen LogP contribution < -0.4 is 4.90 Å². The normalized spacial score (nSPS) is 29.1. The van der Waals surface area contributed by atoms with Gasteiger partial charge in [0.05, 0.1) is 0 Å². The zero-order valence-electron chi connectivity index (χ0n) is 10.7. The first-order chi connectivity index (χ1) is 8.74. The Morgan fingerprint density at radius 3 is 3.00 bits per heavy atom. The van der Waals surface area contributed by atoms with Crippen LogP contribution in [0.2, 0.25) is 5.15 Å². The molecule has 0 bridgehead atoms. The van der Waals surface area contributed by atoms with E-state index in [0.717, 1.165) is 30.9 Å². The van der Waals surface area contributed by atoms with Crippen molar-refractivity contribution in [2.24, 2.45) is 5.92 Å². The highest BCUT2D eigenvalue weighted by atomic mass is 35.5. The first kappa shape index (κ1) is 12.2. The largest absolute Gasteiger partial charge is 0.356 e. The number of hydrogen-bond acceptors (Lipinski definition) is 4. The summed E-state index contributed by atoms with van der Waals surface area (Å²) in [6.45, 7) is 3.42. The van der Waals surface area contributed by atoms with Gasteiger partial charge in [0.15, 0.2) is 0 Å². The molecule has 5 heteroatoms. The third-order valence-corrected chi connectivity index (χ3v) is 4.50. The maximum atomic E-state index is 5.94. The summed E-state index contributed by atoms with van der Waals surface area (Å²) in [6.07, 6.45) is 5.43. The van der Waals surface area contributed by atoms with Crippen LogP contribution >= 0.6 is 11.6 Å². The molecule has 4 nitrogen and oxygen atoms in total. The van der Waals surface area contributed by atoms with Gasteiger partial charge in [0.1, 0.15) is 17.3 Å². The Kier molecular flexibility index (Phi) is 3.39. The third kappa shape index (κ3) is 2.31. The van der Waals surface area contributed by atoms with E-state index in [1.807, 2.05) is 6.07 Å². The van der Waals surface area contributed by atoms with Gasteiger partial charge < -0.3 is 9.80 Å². The smallest absolute Gasteiger partial charge is 0.134 e. The van der Waals surface area contributed by atoms with Crippen LogP contribution in [0, 0.1) is 5.92 Å². The summed E-state index contributed by atoms with van der Waals surface area (Å²) in [5.41, 5.74) is 0. The van der Waals surface area contributed by atoms with Crippen molar-refractivity contribution < 1.29 is 0 Å². The average molecular weight is 267 g/mol. The number of anilines is 1. The van der Waals surface area contributed by atoms with Gasteiger partial charge in [-0.25, -0.2) is 9.97 Å². The van der Waals surface area contributed by atoms with Crippen LogP contribution in [0.25, 0.3) is 0 Å². The molecule has 0 N–H and O–H groups in total. The van der Waals surface area contributed by atoms with Crippen LogP contribution in [-0.2, 0) is 0 Å². The maximum absolute atomic E-state index is 5.94. The molecule has 0 spiro atoms. The Hall–Kier alpha value is -0.870. The number of likely N-dealkylation sites (tertiary alicyclic amines) is 1. The van der Waals surface area contributed by atoms with E-state index in [2.05, 4.69) is 26.8 Å². The highest BCUT2D eigenvalue weighted by molar-refractivity contribution is 6.29. The lowest BCUT2D eigenvalue weighted by Crippen LogP contribution is -2.52. The Balaban J connectivity index is 1.74. The molecule has 0 aliphatic carbocycles. The fraction of sp³-hybridized carbons (Fsp3) is 0.692. The van der Waals surface area contributed by atoms with E-state index in [1.54, 1.807) is 6.33 Å². The fourth-order valence-electron chi connectivity index (χ4n) is 3.36. The topological polar surface area (TPSA) is 32.3 Å². The number of aromatic nitrogens is 2. The van der Waals surface area contributed by atoms with Gasteiger partial charge in [0.2, 0.25) is 0 Å². The van der Waals surface area contributed by atoms with Gasteiger partial charge >= 0.3 is 0 Å². The zero-order chi connectivity index (χ0) is 12.5. The molecule has 3 rings (SSSR count). The van der Waals surface area contributed by atoms with Crippen LogP contribution in [0.5, 0.6) is 0 Å². The molecule has 2 unspecified atom stereocenters. The summed E-state index contributed by atoms with van der Waals surface area (Å²) < 4.78 is 0. The summed E-state index contributed by atoms with van der Waals surface area (Å²) in [5, 5.41) is 0.530. The van der Waals surface area contributed by atoms with Crippen molar-refractivity contribution in [2.75, 3.05) is 31.6 Å². The molecule has 0 saturated carbocycles. The van der Waals surface area contributed by atoms with E-state index >= 15 is 0 Å². The molecule has 2 aliphatic rings. The standard InChI is InChI=1S/C13H19ClN4/c1-17-5-2-3-10-8-18(6-4-11(10)17)13-7-12(14)15-9-16-13/h7,9-11H,2-6,8H2,1H3. The second-order valence-electron chi connectivity index (χ2n) is 5.38. The number of rotatable bonds is 1. The number of hydrogen-bond donors (Lipinski definition) is 0. The van der Waals surface area contributed by atoms with Crippen molar-refractivity contribution in [3.05, 3.63) is 17.5 Å². The van der Waals surface area contributed by atoms with Gasteiger partial charge in [0, 0.05) is 25.2 Å². The molecule has 98 valence electrons. The Morgan fingerprint density at radius 1 is 1.28 bits per heavy atom. The van der Waals surface area contributed by atoms with Crippen molar-refractivity contribution in [2.45, 2.75) is 25.3 Å². The van der Waals surface area contributed by atoms with Gasteiger partial charge in [-0.2, -0.15) is 0 Å². The molecule has 3 heterocycles. The minimum absolute atomic E-state index is 0.530. The number of fused-ring (bicyclic) bond motifs is 1. The summed E-state index contributed by atoms with van der Waals surface area (Å²) >= 11 is 5.94. The molecule has 0 aromatic carbocycles. The van der Waals surface area contributed by atoms with E-state index in [4.69, 9.17) is 11.6 Å². The van der Waals surface area contributed by atoms with Crippen LogP contribution in [0.4, 0.5) is 5.82 Å². The lowest BCUT2D eigenvalue weighted by molar-refractivity contribution is 0.102. The molecule has 1 aromatic heterocycles. The number of piperidine rings is 2. The number of halogens is 1. The lowest BCUT2D eigenvalue weighted by Gasteiger charge is -2.46. The van der Waals surface area contributed by atoms with E-state index in [-0.39, 0.29) is 0 Å². The third-order valence-electron chi connectivity index (χ3n) is 4.29. The van der Waals surface area contributed by atoms with Crippen molar-refractivity contribution in [1.29, 1.82) is 0 Å². The molecular weight excluding hydrogens is 248 g/mol. The predicted molar refractivity (Wildman–Crippen MR) is 73.0 cm³/mol. The highest BCUT2D eigenvalue weighted by Crippen LogP contribution is 2.31. The van der Waals surface area contributed by atoms with Gasteiger partial charge in [-0.1, -0.05) is 11.6 Å². The van der Waals surface area contributed by atoms with Crippen LogP contribution in [0.1, 0.15) is 19.3 Å². The van der Waals surface area contributed by atoms with Crippen LogP contribution in [0.15, 0.2) is 12.4 Å². The van der Waals surface area contributed by atoms with Gasteiger partial charge in [-0.3, -0.25) is 0 Å². The highest BCUT2D eigenvalue weighted by Gasteiger charge is 2.34. The molecular formula is C13H19ClN4. The lowest BCUT2D eigenvalue weighted by atomic mass is 9.84. The van der Waals surface area contributed by atoms with Crippen LogP contribution in [-0.4, -0.2) is 47.6 Å². The summed E-state index contributed by atoms with van der Waals surface area (Å²) in [4.78, 5) is 13.2. The molecule has 2 saturated heterocycles. The maximum Gasteiger partial charge on any atom is 0.134 e. The Labute approximate surface area is 113 Å². The summed E-state index contributed by atoms with van der Waals surface area (Å²) in [7, 11) is 2.26. The zero-order valence-corrected chi connectivity index (χ0v) is 11.5. The molecule has 1 aromatic rings. The Morgan fingerprint density at radius 2 is 2.17 bits per heavy atom. The molecule has 2 aliphatic heterocycles. The minimum Gasteiger partial charge on any atom is -0.356 e. The second-order valence-corrected chi connectivity index (χ2v) is 5.77. The van der Waals surface area contributed by atoms with Gasteiger partial charge in [0.25, 0.3) is 0 Å². The van der Waals surface area contributed by atoms with E-state index < -0.39 is 0 Å². The van der Waals surface area contributed by atoms with E-state index in [9.17, 15) is 0 Å². The fourth-order valence-corrected chi connectivity index (χ4v) is 3.50. The summed E-state index contributed by atoms with van der Waals surface area (Å²) in [5.74, 6) is 1.74.